The average Bonchev–Trinajstić information content (AvgIpc) is 3.35. The molecule has 5 rings (SSSR count). The van der Waals surface area contributed by atoms with Crippen LogP contribution in [0.3, 0.4) is 0 Å². The normalized spacial score (nSPS) is 12.5. The molecule has 0 unspecified atom stereocenters. The molecule has 2 aromatic carbocycles. The van der Waals surface area contributed by atoms with Crippen molar-refractivity contribution in [2.24, 2.45) is 0 Å². The van der Waals surface area contributed by atoms with E-state index in [9.17, 15) is 4.39 Å². The Balaban J connectivity index is 1.37. The number of hydrogen-bond donors (Lipinski definition) is 1. The molecule has 1 aliphatic rings. The summed E-state index contributed by atoms with van der Waals surface area (Å²) in [7, 11) is 1.73. The van der Waals surface area contributed by atoms with Crippen LogP contribution in [0.15, 0.2) is 65.5 Å². The third-order valence-electron chi connectivity index (χ3n) is 4.78. The van der Waals surface area contributed by atoms with Gasteiger partial charge in [-0.2, -0.15) is 4.98 Å². The molecule has 1 aliphatic heterocycles. The van der Waals surface area contributed by atoms with Gasteiger partial charge in [-0.15, -0.1) is 0 Å². The molecule has 2 aromatic heterocycles. The van der Waals surface area contributed by atoms with Gasteiger partial charge in [0.15, 0.2) is 23.1 Å². The Kier molecular flexibility index (Phi) is 4.83. The van der Waals surface area contributed by atoms with Gasteiger partial charge in [-0.25, -0.2) is 14.4 Å². The van der Waals surface area contributed by atoms with Gasteiger partial charge in [0, 0.05) is 30.1 Å². The summed E-state index contributed by atoms with van der Waals surface area (Å²) in [4.78, 5) is 14.2. The largest absolute Gasteiger partial charge is 0.486 e. The van der Waals surface area contributed by atoms with Gasteiger partial charge in [0.1, 0.15) is 19.5 Å². The summed E-state index contributed by atoms with van der Waals surface area (Å²) in [5.74, 6) is 1.68. The van der Waals surface area contributed by atoms with Gasteiger partial charge in [-0.05, 0) is 36.4 Å². The van der Waals surface area contributed by atoms with E-state index in [0.29, 0.717) is 36.3 Å². The quantitative estimate of drug-likeness (QED) is 0.504. The van der Waals surface area contributed by atoms with Crippen LogP contribution in [0, 0.1) is 5.82 Å². The number of nitrogens with one attached hydrogen (secondary N) is 1. The number of hydrogen-bond acceptors (Lipinski definition) is 8. The smallest absolute Gasteiger partial charge is 0.229 e. The average molecular weight is 419 g/mol. The molecular weight excluding hydrogens is 401 g/mol. The summed E-state index contributed by atoms with van der Waals surface area (Å²) in [6.07, 6.45) is 4.25. The molecule has 0 radical (unpaired) electrons. The van der Waals surface area contributed by atoms with Crippen molar-refractivity contribution >= 4 is 23.1 Å². The summed E-state index contributed by atoms with van der Waals surface area (Å²) < 4.78 is 31.0. The maximum Gasteiger partial charge on any atom is 0.229 e. The van der Waals surface area contributed by atoms with Gasteiger partial charge in [0.05, 0.1) is 12.4 Å². The Labute approximate surface area is 177 Å². The van der Waals surface area contributed by atoms with Gasteiger partial charge in [-0.1, -0.05) is 0 Å². The third-order valence-corrected chi connectivity index (χ3v) is 4.78. The predicted molar refractivity (Wildman–Crippen MR) is 113 cm³/mol. The number of oxazole rings is 1. The second kappa shape index (κ2) is 7.94. The van der Waals surface area contributed by atoms with Crippen LogP contribution in [-0.2, 0) is 0 Å². The molecule has 9 heteroatoms. The number of ether oxygens (including phenoxy) is 2. The standard InChI is InChI=1S/C22H18FN5O3/c1-28(16-6-7-18-19(12-16)30-11-10-29-18)20-17(23)13-25-22(27-20)26-15-4-2-14(3-5-15)21-24-8-9-31-21/h2-9,12-13H,10-11H2,1H3,(H,25,26,27). The molecule has 4 aromatic rings. The first kappa shape index (κ1) is 18.9. The van der Waals surface area contributed by atoms with Crippen molar-refractivity contribution in [1.82, 2.24) is 15.0 Å². The Hall–Kier alpha value is -4.14. The van der Waals surface area contributed by atoms with Crippen LogP contribution in [0.5, 0.6) is 11.5 Å². The van der Waals surface area contributed by atoms with Crippen molar-refractivity contribution in [3.8, 4) is 23.0 Å². The van der Waals surface area contributed by atoms with E-state index < -0.39 is 5.82 Å². The number of rotatable bonds is 5. The van der Waals surface area contributed by atoms with Gasteiger partial charge < -0.3 is 24.1 Å². The molecule has 0 aliphatic carbocycles. The van der Waals surface area contributed by atoms with Crippen molar-refractivity contribution in [2.75, 3.05) is 30.5 Å². The summed E-state index contributed by atoms with van der Waals surface area (Å²) in [5, 5.41) is 3.09. The molecule has 0 fully saturated rings. The fourth-order valence-corrected chi connectivity index (χ4v) is 3.21. The molecule has 0 bridgehead atoms. The molecule has 8 nitrogen and oxygen atoms in total. The Morgan fingerprint density at radius 3 is 2.58 bits per heavy atom. The monoisotopic (exact) mass is 419 g/mol. The minimum absolute atomic E-state index is 0.130. The van der Waals surface area contributed by atoms with E-state index in [-0.39, 0.29) is 11.8 Å². The number of halogens is 1. The molecule has 0 spiro atoms. The van der Waals surface area contributed by atoms with Crippen LogP contribution < -0.4 is 19.7 Å². The summed E-state index contributed by atoms with van der Waals surface area (Å²) in [6.45, 7) is 0.988. The van der Waals surface area contributed by atoms with E-state index in [1.165, 1.54) is 6.26 Å². The Morgan fingerprint density at radius 1 is 1.00 bits per heavy atom. The highest BCUT2D eigenvalue weighted by Gasteiger charge is 2.17. The fourth-order valence-electron chi connectivity index (χ4n) is 3.21. The second-order valence-electron chi connectivity index (χ2n) is 6.79. The topological polar surface area (TPSA) is 85.5 Å². The van der Waals surface area contributed by atoms with Crippen LogP contribution in [0.4, 0.5) is 27.5 Å². The summed E-state index contributed by atoms with van der Waals surface area (Å²) in [5.41, 5.74) is 2.30. The minimum atomic E-state index is -0.540. The molecule has 0 atom stereocenters. The van der Waals surface area contributed by atoms with E-state index in [2.05, 4.69) is 20.3 Å². The number of fused-ring (bicyclic) bond motifs is 1. The molecular formula is C22H18FN5O3. The molecule has 0 amide bonds. The molecule has 0 saturated carbocycles. The van der Waals surface area contributed by atoms with Crippen molar-refractivity contribution in [3.63, 3.8) is 0 Å². The van der Waals surface area contributed by atoms with Crippen LogP contribution in [0.2, 0.25) is 0 Å². The van der Waals surface area contributed by atoms with Crippen molar-refractivity contribution in [1.29, 1.82) is 0 Å². The maximum absolute atomic E-state index is 14.5. The lowest BCUT2D eigenvalue weighted by Crippen LogP contribution is -2.17. The maximum atomic E-state index is 14.5. The number of aromatic nitrogens is 3. The number of nitrogens with zero attached hydrogens (tertiary/aromatic N) is 4. The van der Waals surface area contributed by atoms with Crippen LogP contribution >= 0.6 is 0 Å². The van der Waals surface area contributed by atoms with E-state index in [0.717, 1.165) is 17.4 Å². The SMILES string of the molecule is CN(c1ccc2c(c1)OCCO2)c1nc(Nc2ccc(-c3ncco3)cc2)ncc1F. The number of benzene rings is 2. The van der Waals surface area contributed by atoms with Gasteiger partial charge in [0.2, 0.25) is 11.8 Å². The zero-order valence-corrected chi connectivity index (χ0v) is 16.6. The molecule has 3 heterocycles. The molecule has 31 heavy (non-hydrogen) atoms. The third kappa shape index (κ3) is 3.85. The molecule has 156 valence electrons. The van der Waals surface area contributed by atoms with Crippen molar-refractivity contribution in [3.05, 3.63) is 66.9 Å². The second-order valence-corrected chi connectivity index (χ2v) is 6.79. The first-order valence-electron chi connectivity index (χ1n) is 9.60. The molecule has 1 N–H and O–H groups in total. The lowest BCUT2D eigenvalue weighted by atomic mass is 10.2. The zero-order valence-electron chi connectivity index (χ0n) is 16.6. The first-order valence-corrected chi connectivity index (χ1v) is 9.60. The van der Waals surface area contributed by atoms with Crippen LogP contribution in [0.25, 0.3) is 11.5 Å². The Morgan fingerprint density at radius 2 is 1.81 bits per heavy atom. The van der Waals surface area contributed by atoms with Gasteiger partial charge in [-0.3, -0.25) is 0 Å². The van der Waals surface area contributed by atoms with E-state index in [4.69, 9.17) is 13.9 Å². The lowest BCUT2D eigenvalue weighted by Gasteiger charge is -2.23. The van der Waals surface area contributed by atoms with E-state index in [1.54, 1.807) is 30.3 Å². The highest BCUT2D eigenvalue weighted by atomic mass is 19.1. The summed E-state index contributed by atoms with van der Waals surface area (Å²) in [6, 6.07) is 12.8. The van der Waals surface area contributed by atoms with Crippen LogP contribution in [0.1, 0.15) is 0 Å². The highest BCUT2D eigenvalue weighted by Crippen LogP contribution is 2.36. The Bertz CT molecular complexity index is 1200. The summed E-state index contributed by atoms with van der Waals surface area (Å²) >= 11 is 0. The first-order chi connectivity index (χ1) is 15.2. The molecule has 0 saturated heterocycles. The fraction of sp³-hybridized carbons (Fsp3) is 0.136. The van der Waals surface area contributed by atoms with Crippen molar-refractivity contribution < 1.29 is 18.3 Å². The zero-order chi connectivity index (χ0) is 21.2. The van der Waals surface area contributed by atoms with Gasteiger partial charge >= 0.3 is 0 Å². The highest BCUT2D eigenvalue weighted by molar-refractivity contribution is 5.66. The van der Waals surface area contributed by atoms with Gasteiger partial charge in [0.25, 0.3) is 0 Å². The van der Waals surface area contributed by atoms with E-state index >= 15 is 0 Å². The number of anilines is 4. The van der Waals surface area contributed by atoms with Crippen molar-refractivity contribution in [2.45, 2.75) is 0 Å². The lowest BCUT2D eigenvalue weighted by molar-refractivity contribution is 0.171. The van der Waals surface area contributed by atoms with E-state index in [1.807, 2.05) is 30.3 Å². The van der Waals surface area contributed by atoms with Crippen LogP contribution in [-0.4, -0.2) is 35.2 Å². The predicted octanol–water partition coefficient (Wildman–Crippen LogP) is 4.55. The minimum Gasteiger partial charge on any atom is -0.486 e.